The monoisotopic (exact) mass is 360 g/mol. The second kappa shape index (κ2) is 8.19. The fourth-order valence-corrected chi connectivity index (χ4v) is 2.40. The zero-order valence-corrected chi connectivity index (χ0v) is 15.4. The summed E-state index contributed by atoms with van der Waals surface area (Å²) in [7, 11) is 1.51. The molecule has 6 nitrogen and oxygen atoms in total. The van der Waals surface area contributed by atoms with Crippen LogP contribution in [0.2, 0.25) is 0 Å². The first-order valence-electron chi connectivity index (χ1n) is 8.40. The number of hydrogen-bond donors (Lipinski definition) is 1. The Bertz CT molecular complexity index is 860. The molecule has 1 heterocycles. The lowest BCUT2D eigenvalue weighted by atomic mass is 10.0. The van der Waals surface area contributed by atoms with Crippen molar-refractivity contribution in [3.63, 3.8) is 0 Å². The third-order valence-electron chi connectivity index (χ3n) is 3.72. The number of rotatable bonds is 7. The highest BCUT2D eigenvalue weighted by atomic mass is 16.5. The van der Waals surface area contributed by atoms with Crippen LogP contribution in [0.25, 0.3) is 17.0 Å². The van der Waals surface area contributed by atoms with Crippen molar-refractivity contribution in [2.45, 2.75) is 32.8 Å². The molecule has 0 amide bonds. The van der Waals surface area contributed by atoms with E-state index in [0.717, 1.165) is 5.39 Å². The van der Waals surface area contributed by atoms with Crippen molar-refractivity contribution in [1.29, 1.82) is 0 Å². The van der Waals surface area contributed by atoms with Crippen LogP contribution in [0.3, 0.4) is 0 Å². The molecule has 140 valence electrons. The molecule has 0 bridgehead atoms. The second-order valence-corrected chi connectivity index (χ2v) is 6.80. The van der Waals surface area contributed by atoms with Crippen LogP contribution >= 0.6 is 0 Å². The van der Waals surface area contributed by atoms with Gasteiger partial charge in [-0.2, -0.15) is 0 Å². The van der Waals surface area contributed by atoms with Gasteiger partial charge in [-0.05, 0) is 43.2 Å². The van der Waals surface area contributed by atoms with Crippen LogP contribution in [0.1, 0.15) is 32.8 Å². The largest absolute Gasteiger partial charge is 0.496 e. The van der Waals surface area contributed by atoms with E-state index in [1.807, 2.05) is 13.8 Å². The molecule has 1 aromatic carbocycles. The van der Waals surface area contributed by atoms with E-state index in [-0.39, 0.29) is 18.5 Å². The Hall–Kier alpha value is -2.60. The van der Waals surface area contributed by atoms with Crippen molar-refractivity contribution in [3.05, 3.63) is 46.3 Å². The van der Waals surface area contributed by atoms with Crippen LogP contribution in [0.4, 0.5) is 0 Å². The fourth-order valence-electron chi connectivity index (χ4n) is 2.40. The van der Waals surface area contributed by atoms with Crippen molar-refractivity contribution in [3.8, 4) is 5.75 Å². The number of aliphatic hydroxyl groups is 1. The summed E-state index contributed by atoms with van der Waals surface area (Å²) >= 11 is 0. The Balaban J connectivity index is 2.26. The highest BCUT2D eigenvalue weighted by Crippen LogP contribution is 2.29. The molecule has 0 unspecified atom stereocenters. The summed E-state index contributed by atoms with van der Waals surface area (Å²) in [6, 6.07) is 6.52. The first kappa shape index (κ1) is 19.7. The normalized spacial score (nSPS) is 13.9. The molecule has 0 aliphatic rings. The highest BCUT2D eigenvalue weighted by Gasteiger charge is 2.20. The summed E-state index contributed by atoms with van der Waals surface area (Å²) in [6.07, 6.45) is 3.38. The number of hydrogen-bond acceptors (Lipinski definition) is 6. The Morgan fingerprint density at radius 1 is 1.31 bits per heavy atom. The summed E-state index contributed by atoms with van der Waals surface area (Å²) < 4.78 is 15.7. The van der Waals surface area contributed by atoms with E-state index in [1.165, 1.54) is 26.2 Å². The third kappa shape index (κ3) is 5.20. The van der Waals surface area contributed by atoms with Crippen molar-refractivity contribution in [2.75, 3.05) is 13.7 Å². The van der Waals surface area contributed by atoms with Crippen molar-refractivity contribution in [2.24, 2.45) is 5.92 Å². The smallest absolute Gasteiger partial charge is 0.336 e. The van der Waals surface area contributed by atoms with Gasteiger partial charge in [0.15, 0.2) is 0 Å². The molecule has 2 aromatic rings. The van der Waals surface area contributed by atoms with Gasteiger partial charge in [0.1, 0.15) is 23.5 Å². The molecular weight excluding hydrogens is 336 g/mol. The lowest BCUT2D eigenvalue weighted by Crippen LogP contribution is -2.29. The molecule has 1 N–H and O–H groups in total. The maximum Gasteiger partial charge on any atom is 0.336 e. The molecular formula is C20H24O6. The van der Waals surface area contributed by atoms with E-state index in [0.29, 0.717) is 23.3 Å². The topological polar surface area (TPSA) is 86.0 Å². The Kier molecular flexibility index (Phi) is 6.21. The first-order chi connectivity index (χ1) is 12.2. The van der Waals surface area contributed by atoms with Crippen LogP contribution in [-0.4, -0.2) is 30.4 Å². The lowest BCUT2D eigenvalue weighted by Gasteiger charge is -2.19. The summed E-state index contributed by atoms with van der Waals surface area (Å²) in [5.74, 6) is 0.323. The molecule has 0 saturated heterocycles. The molecule has 0 saturated carbocycles. The molecule has 0 spiro atoms. The van der Waals surface area contributed by atoms with Crippen molar-refractivity contribution in [1.82, 2.24) is 0 Å². The Labute approximate surface area is 152 Å². The van der Waals surface area contributed by atoms with E-state index in [1.54, 1.807) is 24.3 Å². The van der Waals surface area contributed by atoms with Gasteiger partial charge >= 0.3 is 11.6 Å². The molecule has 26 heavy (non-hydrogen) atoms. The maximum atomic E-state index is 11.7. The number of ether oxygens (including phenoxy) is 2. The van der Waals surface area contributed by atoms with E-state index in [4.69, 9.17) is 13.9 Å². The molecule has 0 aliphatic carbocycles. The van der Waals surface area contributed by atoms with Gasteiger partial charge in [0.25, 0.3) is 0 Å². The van der Waals surface area contributed by atoms with Crippen LogP contribution < -0.4 is 10.4 Å². The van der Waals surface area contributed by atoms with Gasteiger partial charge in [-0.1, -0.05) is 13.8 Å². The molecule has 6 heteroatoms. The standard InChI is InChI=1S/C20H24O6/c1-13(2)11-18(22)25-12-20(3,23)10-9-15-16(24-4)7-5-14-6-8-17(21)26-19(14)15/h5-10,13,23H,11-12H2,1-4H3/b10-9+/t20-/m0/s1. The number of fused-ring (bicyclic) bond motifs is 1. The summed E-state index contributed by atoms with van der Waals surface area (Å²) in [4.78, 5) is 23.2. The van der Waals surface area contributed by atoms with Crippen LogP contribution in [-0.2, 0) is 9.53 Å². The van der Waals surface area contributed by atoms with E-state index >= 15 is 0 Å². The summed E-state index contributed by atoms with van der Waals surface area (Å²) in [5, 5.41) is 11.2. The number of esters is 1. The van der Waals surface area contributed by atoms with E-state index in [2.05, 4.69) is 0 Å². The van der Waals surface area contributed by atoms with Gasteiger partial charge < -0.3 is 19.0 Å². The number of benzene rings is 1. The number of methoxy groups -OCH3 is 1. The van der Waals surface area contributed by atoms with Crippen LogP contribution in [0.5, 0.6) is 5.75 Å². The minimum Gasteiger partial charge on any atom is -0.496 e. The number of carbonyl (C=O) groups excluding carboxylic acids is 1. The Morgan fingerprint density at radius 2 is 2.00 bits per heavy atom. The molecule has 0 radical (unpaired) electrons. The predicted octanol–water partition coefficient (Wildman–Crippen LogP) is 3.16. The van der Waals surface area contributed by atoms with Gasteiger partial charge in [0.05, 0.1) is 12.7 Å². The SMILES string of the molecule is COc1ccc2ccc(=O)oc2c1/C=C/[C@](C)(O)COC(=O)CC(C)C. The fraction of sp³-hybridized carbons (Fsp3) is 0.400. The zero-order chi connectivity index (χ0) is 19.3. The summed E-state index contributed by atoms with van der Waals surface area (Å²) in [6.45, 7) is 5.19. The van der Waals surface area contributed by atoms with Crippen LogP contribution in [0, 0.1) is 5.92 Å². The highest BCUT2D eigenvalue weighted by molar-refractivity contribution is 5.88. The molecule has 0 aliphatic heterocycles. The minimum atomic E-state index is -1.38. The quantitative estimate of drug-likeness (QED) is 0.603. The third-order valence-corrected chi connectivity index (χ3v) is 3.72. The van der Waals surface area contributed by atoms with Crippen LogP contribution in [0.15, 0.2) is 39.6 Å². The first-order valence-corrected chi connectivity index (χ1v) is 8.40. The summed E-state index contributed by atoms with van der Waals surface area (Å²) in [5.41, 5.74) is -0.971. The molecule has 1 aromatic heterocycles. The minimum absolute atomic E-state index is 0.175. The van der Waals surface area contributed by atoms with Gasteiger partial charge in [0, 0.05) is 17.9 Å². The average Bonchev–Trinajstić information content (AvgIpc) is 2.57. The second-order valence-electron chi connectivity index (χ2n) is 6.80. The van der Waals surface area contributed by atoms with Gasteiger partial charge in [-0.3, -0.25) is 4.79 Å². The molecule has 1 atom stereocenters. The Morgan fingerprint density at radius 3 is 2.65 bits per heavy atom. The average molecular weight is 360 g/mol. The van der Waals surface area contributed by atoms with Crippen molar-refractivity contribution >= 4 is 23.0 Å². The zero-order valence-electron chi connectivity index (χ0n) is 15.4. The molecule has 2 rings (SSSR count). The lowest BCUT2D eigenvalue weighted by molar-refractivity contribution is -0.149. The maximum absolute atomic E-state index is 11.7. The van der Waals surface area contributed by atoms with Crippen molar-refractivity contribution < 1.29 is 23.8 Å². The van der Waals surface area contributed by atoms with E-state index < -0.39 is 11.2 Å². The van der Waals surface area contributed by atoms with Gasteiger partial charge in [-0.25, -0.2) is 4.79 Å². The predicted molar refractivity (Wildman–Crippen MR) is 99.1 cm³/mol. The van der Waals surface area contributed by atoms with E-state index in [9.17, 15) is 14.7 Å². The number of carbonyl (C=O) groups is 1. The molecule has 0 fully saturated rings. The van der Waals surface area contributed by atoms with Gasteiger partial charge in [-0.15, -0.1) is 0 Å². The van der Waals surface area contributed by atoms with Gasteiger partial charge in [0.2, 0.25) is 0 Å².